The van der Waals surface area contributed by atoms with Gasteiger partial charge in [0.2, 0.25) is 0 Å². The maximum atomic E-state index is 14.3. The molecule has 0 amide bonds. The molecule has 18 nitrogen and oxygen atoms in total. The van der Waals surface area contributed by atoms with Crippen molar-refractivity contribution in [3.05, 3.63) is 104 Å². The fraction of sp³-hybridized carbons (Fsp3) is 0.393. The van der Waals surface area contributed by atoms with Gasteiger partial charge in [0.25, 0.3) is 0 Å². The number of aliphatic hydroxyl groups is 6. The molecule has 1 saturated carbocycles. The van der Waals surface area contributed by atoms with Crippen molar-refractivity contribution in [3.63, 3.8) is 0 Å². The van der Waals surface area contributed by atoms with E-state index in [1.807, 2.05) is 12.1 Å². The molecular formula is C56H56O18. The van der Waals surface area contributed by atoms with E-state index in [1.54, 1.807) is 38.1 Å². The lowest BCUT2D eigenvalue weighted by molar-refractivity contribution is -0.261. The number of methoxy groups -OCH3 is 4. The average molecular weight is 1020 g/mol. The summed E-state index contributed by atoms with van der Waals surface area (Å²) >= 11 is 0. The largest absolute Gasteiger partial charge is 0.507 e. The number of fused-ring (bicyclic) bond motifs is 10. The molecule has 74 heavy (non-hydrogen) atoms. The highest BCUT2D eigenvalue weighted by Gasteiger charge is 2.53. The molecule has 4 heterocycles. The first-order chi connectivity index (χ1) is 35.2. The molecular weight excluding hydrogens is 961 g/mol. The highest BCUT2D eigenvalue weighted by molar-refractivity contribution is 6.21. The van der Waals surface area contributed by atoms with Crippen LogP contribution in [0.25, 0.3) is 65.0 Å². The van der Waals surface area contributed by atoms with Crippen molar-refractivity contribution < 1.29 is 78.1 Å². The molecule has 6 aromatic carbocycles. The number of phenolic OH excluding ortho intramolecular Hbond substituents is 2. The Labute approximate surface area is 421 Å². The summed E-state index contributed by atoms with van der Waals surface area (Å²) in [6.07, 6.45) is -9.21. The summed E-state index contributed by atoms with van der Waals surface area (Å²) in [6, 6.07) is 16.3. The first kappa shape index (κ1) is 49.5. The summed E-state index contributed by atoms with van der Waals surface area (Å²) in [5, 5.41) is 92.0. The molecule has 11 rings (SSSR count). The Balaban J connectivity index is 0.992. The minimum atomic E-state index is -1.99. The van der Waals surface area contributed by atoms with Crippen LogP contribution in [0.3, 0.4) is 0 Å². The number of phenols is 2. The minimum absolute atomic E-state index is 0.0440. The first-order valence-corrected chi connectivity index (χ1v) is 24.3. The van der Waals surface area contributed by atoms with Gasteiger partial charge in [0.1, 0.15) is 93.5 Å². The van der Waals surface area contributed by atoms with Crippen molar-refractivity contribution in [2.45, 2.75) is 112 Å². The summed E-state index contributed by atoms with van der Waals surface area (Å²) in [4.78, 5) is 28.6. The van der Waals surface area contributed by atoms with Crippen LogP contribution in [-0.4, -0.2) is 117 Å². The zero-order valence-corrected chi connectivity index (χ0v) is 41.6. The molecule has 2 saturated heterocycles. The molecule has 0 radical (unpaired) electrons. The van der Waals surface area contributed by atoms with E-state index in [1.165, 1.54) is 66.6 Å². The molecule has 8 N–H and O–H groups in total. The quantitative estimate of drug-likeness (QED) is 0.0597. The Morgan fingerprint density at radius 1 is 0.486 bits per heavy atom. The van der Waals surface area contributed by atoms with E-state index in [2.05, 4.69) is 0 Å². The van der Waals surface area contributed by atoms with Crippen LogP contribution in [0, 0.1) is 0 Å². The van der Waals surface area contributed by atoms with E-state index in [4.69, 9.17) is 37.3 Å². The van der Waals surface area contributed by atoms with Gasteiger partial charge in [-0.25, -0.2) is 9.59 Å². The standard InChI is InChI=1S/C56H56O18/c1-21-49(59)55(3,65)51(61)47(71-21)27-9-11-33(57)43-37(69-7)19-29-39-31(53(63)73-45(29)41(27)43)15-25(17-35(39)67-5)23-13-24(14-23)26-16-32-40(36(18-26)68-6)30-20-38(70-8)44-34(58)12-10-28(42(44)46(30)74-54(32)64)48-52(62)56(4,66)50(60)22(2)72-48/h9-12,15-24,47-52,57-62,65-66H,13-14H2,1-8H3. The van der Waals surface area contributed by atoms with Crippen LogP contribution in [0.15, 0.2) is 79.1 Å². The lowest BCUT2D eigenvalue weighted by atomic mass is 9.68. The lowest BCUT2D eigenvalue weighted by Crippen LogP contribution is -2.61. The van der Waals surface area contributed by atoms with E-state index in [9.17, 15) is 50.4 Å². The molecule has 3 aliphatic rings. The molecule has 0 bridgehead atoms. The van der Waals surface area contributed by atoms with Crippen molar-refractivity contribution in [2.75, 3.05) is 28.4 Å². The Kier molecular flexibility index (Phi) is 11.6. The van der Waals surface area contributed by atoms with Gasteiger partial charge in [-0.3, -0.25) is 0 Å². The summed E-state index contributed by atoms with van der Waals surface area (Å²) < 4.78 is 48.2. The third-order valence-electron chi connectivity index (χ3n) is 16.2. The monoisotopic (exact) mass is 1020 g/mol. The number of aromatic hydroxyl groups is 2. The molecule has 1 aliphatic carbocycles. The maximum absolute atomic E-state index is 14.3. The van der Waals surface area contributed by atoms with Crippen molar-refractivity contribution >= 4 is 65.0 Å². The molecule has 8 aromatic rings. The second-order valence-corrected chi connectivity index (χ2v) is 20.4. The number of benzene rings is 6. The average Bonchev–Trinajstić information content (AvgIpc) is 3.39. The van der Waals surface area contributed by atoms with Crippen molar-refractivity contribution in [3.8, 4) is 34.5 Å². The minimum Gasteiger partial charge on any atom is -0.507 e. The fourth-order valence-electron chi connectivity index (χ4n) is 12.0. The van der Waals surface area contributed by atoms with Gasteiger partial charge in [-0.2, -0.15) is 0 Å². The highest BCUT2D eigenvalue weighted by Crippen LogP contribution is 2.54. The number of ether oxygens (including phenoxy) is 6. The summed E-state index contributed by atoms with van der Waals surface area (Å²) in [5.74, 6) is 0.575. The van der Waals surface area contributed by atoms with Gasteiger partial charge in [-0.15, -0.1) is 0 Å². The number of aliphatic hydroxyl groups excluding tert-OH is 4. The Bertz CT molecular complexity index is 3510. The normalized spacial score (nSPS) is 29.3. The van der Waals surface area contributed by atoms with Gasteiger partial charge in [0.15, 0.2) is 0 Å². The van der Waals surface area contributed by atoms with Crippen molar-refractivity contribution in [1.29, 1.82) is 0 Å². The van der Waals surface area contributed by atoms with Gasteiger partial charge < -0.3 is 78.1 Å². The van der Waals surface area contributed by atoms with Gasteiger partial charge in [0, 0.05) is 32.3 Å². The molecule has 0 spiro atoms. The van der Waals surface area contributed by atoms with Crippen LogP contribution in [-0.2, 0) is 9.47 Å². The van der Waals surface area contributed by atoms with E-state index in [0.717, 1.165) is 11.1 Å². The van der Waals surface area contributed by atoms with Crippen LogP contribution in [0.5, 0.6) is 34.5 Å². The molecule has 3 fully saturated rings. The van der Waals surface area contributed by atoms with E-state index in [-0.39, 0.29) is 89.4 Å². The van der Waals surface area contributed by atoms with Gasteiger partial charge in [-0.05, 0) is 123 Å². The SMILES string of the molecule is COc1cc2c(oc(=O)c3cc(C4CC(c5cc(OC)c6c(c5)c(=O)oc5c6cc(OC)c6c(O)ccc(C7OC(C)C(O)C(C)(O)C7O)c65)C4)cc(OC)c32)c2c(C3OC(C)C(O)C(C)(O)C3O)ccc(O)c12. The predicted molar refractivity (Wildman–Crippen MR) is 271 cm³/mol. The molecule has 10 unspecified atom stereocenters. The van der Waals surface area contributed by atoms with Crippen molar-refractivity contribution in [2.24, 2.45) is 0 Å². The van der Waals surface area contributed by atoms with Gasteiger partial charge in [-0.1, -0.05) is 12.1 Å². The zero-order chi connectivity index (χ0) is 52.8. The smallest absolute Gasteiger partial charge is 0.344 e. The number of rotatable bonds is 8. The fourth-order valence-corrected chi connectivity index (χ4v) is 12.0. The molecule has 2 aromatic heterocycles. The van der Waals surface area contributed by atoms with Gasteiger partial charge >= 0.3 is 11.3 Å². The summed E-state index contributed by atoms with van der Waals surface area (Å²) in [5.41, 5.74) is -3.18. The molecule has 388 valence electrons. The number of hydrogen-bond acceptors (Lipinski definition) is 18. The molecule has 2 aliphatic heterocycles. The van der Waals surface area contributed by atoms with Crippen LogP contribution >= 0.6 is 0 Å². The Morgan fingerprint density at radius 3 is 1.19 bits per heavy atom. The zero-order valence-electron chi connectivity index (χ0n) is 41.6. The second kappa shape index (κ2) is 17.4. The van der Waals surface area contributed by atoms with Crippen LogP contribution in [0.2, 0.25) is 0 Å². The molecule has 18 heteroatoms. The third kappa shape index (κ3) is 7.07. The first-order valence-electron chi connectivity index (χ1n) is 24.3. The summed E-state index contributed by atoms with van der Waals surface area (Å²) in [7, 11) is 5.82. The van der Waals surface area contributed by atoms with E-state index >= 15 is 0 Å². The second-order valence-electron chi connectivity index (χ2n) is 20.4. The topological polar surface area (TPSA) is 278 Å². The van der Waals surface area contributed by atoms with Crippen LogP contribution < -0.4 is 30.2 Å². The Hall–Kier alpha value is -6.74. The van der Waals surface area contributed by atoms with Crippen molar-refractivity contribution in [1.82, 2.24) is 0 Å². The lowest BCUT2D eigenvalue weighted by Gasteiger charge is -2.46. The van der Waals surface area contributed by atoms with Gasteiger partial charge in [0.05, 0.1) is 62.2 Å². The molecule has 10 atom stereocenters. The summed E-state index contributed by atoms with van der Waals surface area (Å²) in [6.45, 7) is 5.74. The maximum Gasteiger partial charge on any atom is 0.344 e. The highest BCUT2D eigenvalue weighted by atomic mass is 16.5. The Morgan fingerprint density at radius 2 is 0.838 bits per heavy atom. The van der Waals surface area contributed by atoms with Crippen LogP contribution in [0.1, 0.15) is 86.8 Å². The number of hydrogen-bond donors (Lipinski definition) is 8. The third-order valence-corrected chi connectivity index (χ3v) is 16.2. The van der Waals surface area contributed by atoms with Crippen LogP contribution in [0.4, 0.5) is 0 Å². The van der Waals surface area contributed by atoms with E-state index in [0.29, 0.717) is 45.9 Å². The van der Waals surface area contributed by atoms with E-state index < -0.39 is 71.3 Å². The predicted octanol–water partition coefficient (Wildman–Crippen LogP) is 6.48.